The van der Waals surface area contributed by atoms with Crippen LogP contribution in [0.3, 0.4) is 0 Å². The molecule has 1 aromatic carbocycles. The molecule has 1 aliphatic rings. The Kier molecular flexibility index (Phi) is 5.03. The second-order valence-electron chi connectivity index (χ2n) is 4.74. The molecule has 1 atom stereocenters. The van der Waals surface area contributed by atoms with Gasteiger partial charge in [-0.1, -0.05) is 6.07 Å². The highest BCUT2D eigenvalue weighted by Gasteiger charge is 2.31. The molecule has 0 bridgehead atoms. The number of halogens is 2. The lowest BCUT2D eigenvalue weighted by Gasteiger charge is -2.24. The van der Waals surface area contributed by atoms with Gasteiger partial charge in [-0.3, -0.25) is 10.1 Å². The van der Waals surface area contributed by atoms with Gasteiger partial charge in [-0.15, -0.1) is 0 Å². The maximum atomic E-state index is 13.3. The van der Waals surface area contributed by atoms with Gasteiger partial charge >= 0.3 is 0 Å². The maximum Gasteiger partial charge on any atom is 0.238 e. The first kappa shape index (κ1) is 14.9. The van der Waals surface area contributed by atoms with Crippen molar-refractivity contribution in [2.45, 2.75) is 19.0 Å². The van der Waals surface area contributed by atoms with E-state index in [1.54, 1.807) is 12.0 Å². The lowest BCUT2D eigenvalue weighted by atomic mass is 10.1. The fraction of sp³-hybridized carbons (Fsp3) is 0.500. The predicted octanol–water partition coefficient (Wildman–Crippen LogP) is 1.82. The molecule has 0 aliphatic carbocycles. The van der Waals surface area contributed by atoms with Gasteiger partial charge in [0.05, 0.1) is 6.54 Å². The van der Waals surface area contributed by atoms with Crippen molar-refractivity contribution in [3.8, 4) is 0 Å². The molecule has 0 saturated carbocycles. The van der Waals surface area contributed by atoms with Crippen molar-refractivity contribution >= 4 is 5.91 Å². The van der Waals surface area contributed by atoms with Crippen molar-refractivity contribution in [1.82, 2.24) is 10.2 Å². The van der Waals surface area contributed by atoms with Crippen LogP contribution in [-0.2, 0) is 9.53 Å². The number of hydrogen-bond acceptors (Lipinski definition) is 3. The molecule has 2 rings (SSSR count). The third kappa shape index (κ3) is 3.32. The summed E-state index contributed by atoms with van der Waals surface area (Å²) in [5.74, 6) is -1.81. The van der Waals surface area contributed by atoms with Crippen LogP contribution in [0.25, 0.3) is 0 Å². The Morgan fingerprint density at radius 2 is 2.15 bits per heavy atom. The zero-order valence-corrected chi connectivity index (χ0v) is 11.4. The number of amides is 1. The second-order valence-corrected chi connectivity index (χ2v) is 4.74. The fourth-order valence-electron chi connectivity index (χ4n) is 2.30. The smallest absolute Gasteiger partial charge is 0.238 e. The maximum absolute atomic E-state index is 13.3. The number of carbonyl (C=O) groups is 1. The first-order valence-corrected chi connectivity index (χ1v) is 6.60. The highest BCUT2D eigenvalue weighted by Crippen LogP contribution is 2.24. The molecule has 1 unspecified atom stereocenters. The van der Waals surface area contributed by atoms with Crippen LogP contribution in [0, 0.1) is 11.6 Å². The van der Waals surface area contributed by atoms with E-state index < -0.39 is 11.6 Å². The number of methoxy groups -OCH3 is 1. The van der Waals surface area contributed by atoms with Crippen LogP contribution in [0.5, 0.6) is 0 Å². The summed E-state index contributed by atoms with van der Waals surface area (Å²) in [6.07, 6.45) is 1.27. The number of hydrogen-bond donors (Lipinski definition) is 1. The van der Waals surface area contributed by atoms with Gasteiger partial charge in [0.2, 0.25) is 5.91 Å². The number of ether oxygens (including phenoxy) is 1. The predicted molar refractivity (Wildman–Crippen MR) is 69.9 cm³/mol. The highest BCUT2D eigenvalue weighted by atomic mass is 19.2. The Morgan fingerprint density at radius 1 is 1.35 bits per heavy atom. The molecule has 6 heteroatoms. The molecular weight excluding hydrogens is 266 g/mol. The van der Waals surface area contributed by atoms with Gasteiger partial charge < -0.3 is 9.64 Å². The quantitative estimate of drug-likeness (QED) is 0.810. The normalized spacial score (nSPS) is 18.9. The summed E-state index contributed by atoms with van der Waals surface area (Å²) in [5.41, 5.74) is 0.557. The molecule has 1 saturated heterocycles. The van der Waals surface area contributed by atoms with Crippen LogP contribution < -0.4 is 5.32 Å². The van der Waals surface area contributed by atoms with Crippen LogP contribution in [0.15, 0.2) is 18.2 Å². The molecule has 0 aromatic heterocycles. The van der Waals surface area contributed by atoms with Crippen molar-refractivity contribution in [3.05, 3.63) is 35.4 Å². The zero-order chi connectivity index (χ0) is 14.5. The summed E-state index contributed by atoms with van der Waals surface area (Å²) in [6, 6.07) is 3.71. The SMILES string of the molecule is COCCCCN1C(=O)CNC1c1ccc(F)c(F)c1. The van der Waals surface area contributed by atoms with Crippen molar-refractivity contribution < 1.29 is 18.3 Å². The summed E-state index contributed by atoms with van der Waals surface area (Å²) >= 11 is 0. The molecule has 4 nitrogen and oxygen atoms in total. The minimum Gasteiger partial charge on any atom is -0.385 e. The molecule has 1 aromatic rings. The number of nitrogens with one attached hydrogen (secondary N) is 1. The largest absolute Gasteiger partial charge is 0.385 e. The summed E-state index contributed by atoms with van der Waals surface area (Å²) in [7, 11) is 1.63. The molecule has 0 spiro atoms. The number of rotatable bonds is 6. The number of nitrogens with zero attached hydrogens (tertiary/aromatic N) is 1. The number of unbranched alkanes of at least 4 members (excludes halogenated alkanes) is 1. The average molecular weight is 284 g/mol. The fourth-order valence-corrected chi connectivity index (χ4v) is 2.30. The average Bonchev–Trinajstić information content (AvgIpc) is 2.79. The standard InChI is InChI=1S/C14H18F2N2O2/c1-20-7-3-2-6-18-13(19)9-17-14(18)10-4-5-11(15)12(16)8-10/h4-5,8,14,17H,2-3,6-7,9H2,1H3. The zero-order valence-electron chi connectivity index (χ0n) is 11.4. The van der Waals surface area contributed by atoms with Crippen molar-refractivity contribution in [2.75, 3.05) is 26.8 Å². The summed E-state index contributed by atoms with van der Waals surface area (Å²) in [6.45, 7) is 1.43. The van der Waals surface area contributed by atoms with Crippen LogP contribution in [0.2, 0.25) is 0 Å². The van der Waals surface area contributed by atoms with Crippen LogP contribution in [0.4, 0.5) is 8.78 Å². The topological polar surface area (TPSA) is 41.6 Å². The molecule has 1 heterocycles. The van der Waals surface area contributed by atoms with E-state index in [9.17, 15) is 13.6 Å². The Bertz CT molecular complexity index is 482. The van der Waals surface area contributed by atoms with Gasteiger partial charge in [0.15, 0.2) is 11.6 Å². The lowest BCUT2D eigenvalue weighted by Crippen LogP contribution is -2.31. The van der Waals surface area contributed by atoms with Crippen LogP contribution >= 0.6 is 0 Å². The van der Waals surface area contributed by atoms with Gasteiger partial charge in [-0.05, 0) is 30.5 Å². The molecular formula is C14H18F2N2O2. The van der Waals surface area contributed by atoms with E-state index in [4.69, 9.17) is 4.74 Å². The summed E-state index contributed by atoms with van der Waals surface area (Å²) in [4.78, 5) is 13.5. The molecule has 20 heavy (non-hydrogen) atoms. The van der Waals surface area contributed by atoms with Gasteiger partial charge in [0.1, 0.15) is 6.17 Å². The summed E-state index contributed by atoms with van der Waals surface area (Å²) in [5, 5.41) is 3.02. The molecule has 110 valence electrons. The van der Waals surface area contributed by atoms with E-state index in [0.29, 0.717) is 18.7 Å². The number of benzene rings is 1. The second kappa shape index (κ2) is 6.76. The minimum absolute atomic E-state index is 0.0304. The van der Waals surface area contributed by atoms with Crippen molar-refractivity contribution in [1.29, 1.82) is 0 Å². The van der Waals surface area contributed by atoms with Gasteiger partial charge in [-0.2, -0.15) is 0 Å². The molecule has 1 N–H and O–H groups in total. The third-order valence-corrected chi connectivity index (χ3v) is 3.34. The Morgan fingerprint density at radius 3 is 2.85 bits per heavy atom. The molecule has 1 amide bonds. The summed E-state index contributed by atoms with van der Waals surface area (Å²) < 4.78 is 31.2. The van der Waals surface area contributed by atoms with E-state index in [-0.39, 0.29) is 18.6 Å². The van der Waals surface area contributed by atoms with Crippen LogP contribution in [-0.4, -0.2) is 37.6 Å². The van der Waals surface area contributed by atoms with Gasteiger partial charge in [0.25, 0.3) is 0 Å². The monoisotopic (exact) mass is 284 g/mol. The van der Waals surface area contributed by atoms with E-state index in [0.717, 1.165) is 25.0 Å². The Balaban J connectivity index is 2.05. The van der Waals surface area contributed by atoms with Crippen molar-refractivity contribution in [3.63, 3.8) is 0 Å². The van der Waals surface area contributed by atoms with Crippen molar-refractivity contribution in [2.24, 2.45) is 0 Å². The first-order chi connectivity index (χ1) is 9.63. The third-order valence-electron chi connectivity index (χ3n) is 3.34. The Labute approximate surface area is 116 Å². The molecule has 1 aliphatic heterocycles. The van der Waals surface area contributed by atoms with E-state index in [1.807, 2.05) is 0 Å². The van der Waals surface area contributed by atoms with Crippen LogP contribution in [0.1, 0.15) is 24.6 Å². The lowest BCUT2D eigenvalue weighted by molar-refractivity contribution is -0.128. The highest BCUT2D eigenvalue weighted by molar-refractivity contribution is 5.80. The van der Waals surface area contributed by atoms with Gasteiger partial charge in [0, 0.05) is 20.3 Å². The minimum atomic E-state index is -0.900. The van der Waals surface area contributed by atoms with E-state index in [2.05, 4.69) is 5.32 Å². The van der Waals surface area contributed by atoms with E-state index in [1.165, 1.54) is 6.07 Å². The first-order valence-electron chi connectivity index (χ1n) is 6.60. The Hall–Kier alpha value is -1.53. The molecule has 1 fully saturated rings. The molecule has 0 radical (unpaired) electrons. The number of carbonyl (C=O) groups excluding carboxylic acids is 1. The van der Waals surface area contributed by atoms with Gasteiger partial charge in [-0.25, -0.2) is 8.78 Å². The van der Waals surface area contributed by atoms with E-state index >= 15 is 0 Å².